The van der Waals surface area contributed by atoms with E-state index in [1.165, 1.54) is 12.1 Å². The summed E-state index contributed by atoms with van der Waals surface area (Å²) in [6, 6.07) is 11.2. The van der Waals surface area contributed by atoms with Crippen molar-refractivity contribution in [3.05, 3.63) is 94.1 Å². The van der Waals surface area contributed by atoms with E-state index in [-0.39, 0.29) is 36.1 Å². The molecule has 0 atom stereocenters. The summed E-state index contributed by atoms with van der Waals surface area (Å²) in [5.74, 6) is -1.74. The number of aliphatic hydroxyl groups excluding tert-OH is 1. The Kier molecular flexibility index (Phi) is 9.69. The molecule has 4 amide bonds. The zero-order valence-corrected chi connectivity index (χ0v) is 29.0. The van der Waals surface area contributed by atoms with E-state index in [0.29, 0.717) is 63.5 Å². The lowest BCUT2D eigenvalue weighted by Crippen LogP contribution is -2.20. The molecule has 6 aromatic rings. The van der Waals surface area contributed by atoms with Crippen molar-refractivity contribution in [2.45, 2.75) is 60.5 Å². The second-order valence-electron chi connectivity index (χ2n) is 12.0. The highest BCUT2D eigenvalue weighted by molar-refractivity contribution is 6.05. The van der Waals surface area contributed by atoms with Crippen molar-refractivity contribution in [2.75, 3.05) is 10.6 Å². The Morgan fingerprint density at radius 1 is 0.731 bits per heavy atom. The van der Waals surface area contributed by atoms with Gasteiger partial charge in [-0.25, -0.2) is 9.97 Å². The highest BCUT2D eigenvalue weighted by Crippen LogP contribution is 2.27. The maximum atomic E-state index is 13.5. The minimum absolute atomic E-state index is 0.160. The summed E-state index contributed by atoms with van der Waals surface area (Å²) in [5.41, 5.74) is 15.9. The average molecular weight is 707 g/mol. The van der Waals surface area contributed by atoms with E-state index in [4.69, 9.17) is 11.5 Å². The Morgan fingerprint density at radius 2 is 1.25 bits per heavy atom. The number of primary amides is 2. The third-order valence-corrected chi connectivity index (χ3v) is 8.47. The first-order chi connectivity index (χ1) is 24.9. The van der Waals surface area contributed by atoms with Gasteiger partial charge >= 0.3 is 0 Å². The number of nitrogens with two attached hydrogens (primary N) is 2. The summed E-state index contributed by atoms with van der Waals surface area (Å²) in [4.78, 5) is 60.1. The number of nitrogens with one attached hydrogen (secondary N) is 2. The number of hydrogen-bond acceptors (Lipinski definition) is 9. The van der Waals surface area contributed by atoms with E-state index in [9.17, 15) is 24.3 Å². The first-order valence-corrected chi connectivity index (χ1v) is 16.5. The number of hydrogen-bond donors (Lipinski definition) is 5. The van der Waals surface area contributed by atoms with Gasteiger partial charge in [0.2, 0.25) is 23.7 Å². The van der Waals surface area contributed by atoms with Gasteiger partial charge in [0.1, 0.15) is 11.4 Å². The molecule has 0 aliphatic heterocycles. The molecule has 0 aliphatic carbocycles. The summed E-state index contributed by atoms with van der Waals surface area (Å²) in [6.45, 7) is 8.31. The quantitative estimate of drug-likeness (QED) is 0.111. The van der Waals surface area contributed by atoms with Crippen molar-refractivity contribution in [1.29, 1.82) is 0 Å². The Bertz CT molecular complexity index is 2410. The predicted molar refractivity (Wildman–Crippen MR) is 193 cm³/mol. The molecule has 6 rings (SSSR count). The lowest BCUT2D eigenvalue weighted by atomic mass is 10.1. The van der Waals surface area contributed by atoms with Gasteiger partial charge in [0.15, 0.2) is 0 Å². The van der Waals surface area contributed by atoms with Crippen LogP contribution in [0.1, 0.15) is 72.5 Å². The molecule has 268 valence electrons. The SMILES string of the molecule is CCn1nc(C)cc1C(=O)Nc1nc2cc(C(N)=O)ccc2n1C/C=C/Cn1c(NC(=O)c2cc(C)nn2CC)nc2cc(C(N)=O)cc(CO)c21. The maximum absolute atomic E-state index is 13.5. The molecule has 7 N–H and O–H groups in total. The summed E-state index contributed by atoms with van der Waals surface area (Å²) < 4.78 is 6.66. The summed E-state index contributed by atoms with van der Waals surface area (Å²) in [5, 5.41) is 24.8. The van der Waals surface area contributed by atoms with Crippen LogP contribution in [-0.2, 0) is 32.8 Å². The Hall–Kier alpha value is -6.62. The van der Waals surface area contributed by atoms with Crippen LogP contribution in [0.5, 0.6) is 0 Å². The number of aliphatic hydroxyl groups is 1. The minimum Gasteiger partial charge on any atom is -0.392 e. The van der Waals surface area contributed by atoms with Crippen molar-refractivity contribution < 1.29 is 24.3 Å². The van der Waals surface area contributed by atoms with Crippen LogP contribution >= 0.6 is 0 Å². The minimum atomic E-state index is -0.688. The monoisotopic (exact) mass is 706 g/mol. The van der Waals surface area contributed by atoms with Crippen LogP contribution in [0.15, 0.2) is 54.6 Å². The van der Waals surface area contributed by atoms with Crippen molar-refractivity contribution in [3.8, 4) is 0 Å². The van der Waals surface area contributed by atoms with E-state index < -0.39 is 30.2 Å². The third-order valence-electron chi connectivity index (χ3n) is 8.47. The first-order valence-electron chi connectivity index (χ1n) is 16.5. The smallest absolute Gasteiger partial charge is 0.276 e. The molecule has 0 fully saturated rings. The lowest BCUT2D eigenvalue weighted by Gasteiger charge is -2.11. The van der Waals surface area contributed by atoms with Gasteiger partial charge in [-0.1, -0.05) is 12.2 Å². The highest BCUT2D eigenvalue weighted by atomic mass is 16.3. The molecule has 0 radical (unpaired) electrons. The van der Waals surface area contributed by atoms with Crippen LogP contribution in [0, 0.1) is 13.8 Å². The number of rotatable bonds is 13. The highest BCUT2D eigenvalue weighted by Gasteiger charge is 2.22. The Balaban J connectivity index is 1.36. The number of anilines is 2. The summed E-state index contributed by atoms with van der Waals surface area (Å²) in [6.07, 6.45) is 3.66. The number of amides is 4. The number of fused-ring (bicyclic) bond motifs is 2. The Labute approximate surface area is 296 Å². The number of carbonyl (C=O) groups excluding carboxylic acids is 4. The number of imidazole rings is 2. The molecule has 52 heavy (non-hydrogen) atoms. The fraction of sp³-hybridized carbons (Fsp3) is 0.257. The van der Waals surface area contributed by atoms with Crippen LogP contribution < -0.4 is 22.1 Å². The van der Waals surface area contributed by atoms with Gasteiger partial charge in [-0.05, 0) is 70.2 Å². The van der Waals surface area contributed by atoms with Crippen molar-refractivity contribution >= 4 is 57.6 Å². The van der Waals surface area contributed by atoms with Crippen molar-refractivity contribution in [3.63, 3.8) is 0 Å². The van der Waals surface area contributed by atoms with Gasteiger partial charge in [-0.3, -0.25) is 39.2 Å². The number of benzene rings is 2. The molecule has 0 unspecified atom stereocenters. The molecule has 2 aromatic carbocycles. The second-order valence-corrected chi connectivity index (χ2v) is 12.0. The van der Waals surface area contributed by atoms with Gasteiger partial charge in [-0.15, -0.1) is 0 Å². The number of carbonyl (C=O) groups is 4. The van der Waals surface area contributed by atoms with Crippen LogP contribution in [0.25, 0.3) is 22.1 Å². The summed E-state index contributed by atoms with van der Waals surface area (Å²) >= 11 is 0. The molecule has 17 heteroatoms. The fourth-order valence-corrected chi connectivity index (χ4v) is 6.08. The first kappa shape index (κ1) is 35.2. The molecule has 0 bridgehead atoms. The zero-order chi connectivity index (χ0) is 37.3. The van der Waals surface area contributed by atoms with Gasteiger partial charge in [0.25, 0.3) is 11.8 Å². The van der Waals surface area contributed by atoms with E-state index in [0.717, 1.165) is 0 Å². The predicted octanol–water partition coefficient (Wildman–Crippen LogP) is 2.89. The Morgan fingerprint density at radius 3 is 1.79 bits per heavy atom. The largest absolute Gasteiger partial charge is 0.392 e. The van der Waals surface area contributed by atoms with Gasteiger partial charge in [0, 0.05) is 42.9 Å². The van der Waals surface area contributed by atoms with E-state index >= 15 is 0 Å². The van der Waals surface area contributed by atoms with E-state index in [1.807, 2.05) is 26.0 Å². The number of allylic oxidation sites excluding steroid dienone is 2. The third kappa shape index (κ3) is 6.76. The maximum Gasteiger partial charge on any atom is 0.276 e. The van der Waals surface area contributed by atoms with Crippen LogP contribution in [-0.4, -0.2) is 67.4 Å². The molecule has 17 nitrogen and oxygen atoms in total. The number of nitrogens with zero attached hydrogens (tertiary/aromatic N) is 8. The molecule has 0 aliphatic rings. The molecular weight excluding hydrogens is 668 g/mol. The zero-order valence-electron chi connectivity index (χ0n) is 29.0. The summed E-state index contributed by atoms with van der Waals surface area (Å²) in [7, 11) is 0. The van der Waals surface area contributed by atoms with Crippen molar-refractivity contribution in [1.82, 2.24) is 38.7 Å². The number of aromatic nitrogens is 8. The van der Waals surface area contributed by atoms with E-state index in [2.05, 4.69) is 30.8 Å². The topological polar surface area (TPSA) is 236 Å². The molecule has 4 aromatic heterocycles. The lowest BCUT2D eigenvalue weighted by molar-refractivity contribution is 0.0992. The molecule has 4 heterocycles. The molecule has 0 spiro atoms. The van der Waals surface area contributed by atoms with Crippen LogP contribution in [0.3, 0.4) is 0 Å². The van der Waals surface area contributed by atoms with E-state index in [1.54, 1.807) is 62.7 Å². The fourth-order valence-electron chi connectivity index (χ4n) is 6.08. The van der Waals surface area contributed by atoms with Gasteiger partial charge in [-0.2, -0.15) is 10.2 Å². The second kappa shape index (κ2) is 14.3. The van der Waals surface area contributed by atoms with Crippen LogP contribution in [0.4, 0.5) is 11.9 Å². The number of aryl methyl sites for hydroxylation is 4. The average Bonchev–Trinajstić information content (AvgIpc) is 3.88. The molecule has 0 saturated carbocycles. The normalized spacial score (nSPS) is 11.6. The molecule has 0 saturated heterocycles. The molecular formula is C35H38N12O5. The van der Waals surface area contributed by atoms with Crippen molar-refractivity contribution in [2.24, 2.45) is 11.5 Å². The standard InChI is InChI=1S/C35H38N12O5/c1-5-46-27(13-19(3)42-46)32(51)40-34-38-24-16-21(30(36)49)9-10-26(24)44(34)11-7-8-12-45-29-23(18-48)15-22(31(37)50)17-25(29)39-35(45)41-33(52)28-14-20(4)43-47(28)6-2/h7-10,13-17,48H,5-6,11-12,18H2,1-4H3,(H2,36,49)(H2,37,50)(H,38,40,51)(H,39,41,52)/b8-7+. The van der Waals surface area contributed by atoms with Gasteiger partial charge in [0.05, 0.1) is 40.1 Å². The van der Waals surface area contributed by atoms with Crippen LogP contribution in [0.2, 0.25) is 0 Å². The van der Waals surface area contributed by atoms with Gasteiger partial charge < -0.3 is 25.7 Å².